The van der Waals surface area contributed by atoms with Gasteiger partial charge in [-0.1, -0.05) is 47.1 Å². The number of ketones is 2. The molecule has 5 aromatic rings. The number of benzene rings is 4. The minimum atomic E-state index is -0.946. The van der Waals surface area contributed by atoms with Crippen LogP contribution in [0.25, 0.3) is 21.8 Å². The highest BCUT2D eigenvalue weighted by Gasteiger charge is 2.23. The Morgan fingerprint density at radius 1 is 0.846 bits per heavy atom. The summed E-state index contributed by atoms with van der Waals surface area (Å²) in [5.74, 6) is 0.310. The van der Waals surface area contributed by atoms with E-state index < -0.39 is 6.04 Å². The number of fused-ring (bicyclic) bond motifs is 3. The topological polar surface area (TPSA) is 68.5 Å². The maximum Gasteiger partial charge on any atom is 0.193 e. The number of rotatable bonds is 10. The molecule has 0 spiro atoms. The third-order valence-corrected chi connectivity index (χ3v) is 8.27. The normalized spacial score (nSPS) is 12.1. The number of nitrogens with zero attached hydrogens (tertiary/aromatic N) is 2. The van der Waals surface area contributed by atoms with E-state index in [1.165, 1.54) is 5.56 Å². The molecule has 5 rings (SSSR count). The Balaban J connectivity index is 1.46. The Morgan fingerprint density at radius 2 is 1.49 bits per heavy atom. The predicted octanol–water partition coefficient (Wildman–Crippen LogP) is 8.16. The van der Waals surface area contributed by atoms with Crippen molar-refractivity contribution in [2.24, 2.45) is 5.18 Å². The molecule has 0 bridgehead atoms. The molecule has 1 heterocycles. The average Bonchev–Trinajstić information content (AvgIpc) is 3.28. The third-order valence-electron chi connectivity index (χ3n) is 7.23. The van der Waals surface area contributed by atoms with Crippen LogP contribution < -0.4 is 0 Å². The molecular weight excluding hydrogens is 504 g/mol. The van der Waals surface area contributed by atoms with Gasteiger partial charge in [0.1, 0.15) is 0 Å². The van der Waals surface area contributed by atoms with Crippen LogP contribution in [0.1, 0.15) is 50.8 Å². The molecule has 0 N–H and O–H groups in total. The van der Waals surface area contributed by atoms with Gasteiger partial charge in [-0.3, -0.25) is 9.59 Å². The van der Waals surface area contributed by atoms with Gasteiger partial charge in [0.2, 0.25) is 0 Å². The third kappa shape index (κ3) is 5.30. The number of nitroso groups, excluding NO2 is 1. The van der Waals surface area contributed by atoms with Gasteiger partial charge in [0.15, 0.2) is 17.6 Å². The van der Waals surface area contributed by atoms with Crippen molar-refractivity contribution >= 4 is 45.1 Å². The first-order valence-corrected chi connectivity index (χ1v) is 14.1. The van der Waals surface area contributed by atoms with E-state index in [4.69, 9.17) is 0 Å². The number of carbonyl (C=O) groups is 2. The Bertz CT molecular complexity index is 1700. The lowest BCUT2D eigenvalue weighted by Gasteiger charge is -2.09. The van der Waals surface area contributed by atoms with Crippen LogP contribution in [0.3, 0.4) is 0 Å². The zero-order valence-electron chi connectivity index (χ0n) is 22.3. The van der Waals surface area contributed by atoms with Crippen LogP contribution in [0.4, 0.5) is 0 Å². The Labute approximate surface area is 232 Å². The van der Waals surface area contributed by atoms with Crippen LogP contribution in [0, 0.1) is 18.8 Å². The Morgan fingerprint density at radius 3 is 2.13 bits per heavy atom. The van der Waals surface area contributed by atoms with Crippen molar-refractivity contribution in [3.8, 4) is 0 Å². The number of aryl methyl sites for hydroxylation is 3. The second-order valence-electron chi connectivity index (χ2n) is 9.79. The molecule has 0 fully saturated rings. The van der Waals surface area contributed by atoms with Crippen LogP contribution in [0.5, 0.6) is 0 Å². The molecule has 0 aliphatic heterocycles. The predicted molar refractivity (Wildman–Crippen MR) is 160 cm³/mol. The van der Waals surface area contributed by atoms with Crippen LogP contribution in [-0.4, -0.2) is 27.9 Å². The van der Waals surface area contributed by atoms with Gasteiger partial charge in [0.05, 0.1) is 0 Å². The number of aromatic nitrogens is 1. The molecule has 196 valence electrons. The second kappa shape index (κ2) is 11.4. The number of Topliss-reactive ketones (excluding diaryl/α,β-unsaturated/α-hetero) is 1. The number of thioether (sulfide) groups is 1. The summed E-state index contributed by atoms with van der Waals surface area (Å²) >= 11 is 1.61. The summed E-state index contributed by atoms with van der Waals surface area (Å²) in [6, 6.07) is 26.1. The molecule has 4 aromatic carbocycles. The first kappa shape index (κ1) is 26.6. The molecule has 0 aliphatic rings. The molecule has 6 heteroatoms. The van der Waals surface area contributed by atoms with Gasteiger partial charge in [-0.2, -0.15) is 4.91 Å². The SMILES string of the molecule is CCn1c2ccc(C(=O)c3ccccc3C)cc2c2cc(C(=O)C(CCSc3ccc(C)cc3)N=O)ccc21. The smallest absolute Gasteiger partial charge is 0.193 e. The highest BCUT2D eigenvalue weighted by Crippen LogP contribution is 2.32. The minimum absolute atomic E-state index is 0.0316. The molecule has 1 atom stereocenters. The van der Waals surface area contributed by atoms with Crippen molar-refractivity contribution < 1.29 is 9.59 Å². The van der Waals surface area contributed by atoms with Gasteiger partial charge in [-0.25, -0.2) is 0 Å². The summed E-state index contributed by atoms with van der Waals surface area (Å²) in [6.45, 7) is 6.79. The lowest BCUT2D eigenvalue weighted by atomic mass is 9.97. The molecule has 0 aliphatic carbocycles. The maximum atomic E-state index is 13.4. The first-order valence-electron chi connectivity index (χ1n) is 13.1. The zero-order chi connectivity index (χ0) is 27.5. The van der Waals surface area contributed by atoms with Crippen LogP contribution in [-0.2, 0) is 6.54 Å². The fourth-order valence-electron chi connectivity index (χ4n) is 5.07. The van der Waals surface area contributed by atoms with Gasteiger partial charge in [-0.15, -0.1) is 11.8 Å². The van der Waals surface area contributed by atoms with Crippen molar-refractivity contribution in [2.75, 3.05) is 5.75 Å². The van der Waals surface area contributed by atoms with Crippen molar-refractivity contribution in [2.45, 2.75) is 44.7 Å². The van der Waals surface area contributed by atoms with E-state index in [0.717, 1.165) is 38.8 Å². The van der Waals surface area contributed by atoms with Crippen molar-refractivity contribution in [1.29, 1.82) is 0 Å². The van der Waals surface area contributed by atoms with Crippen molar-refractivity contribution in [3.63, 3.8) is 0 Å². The number of hydrogen-bond acceptors (Lipinski definition) is 5. The second-order valence-corrected chi connectivity index (χ2v) is 11.0. The monoisotopic (exact) mass is 534 g/mol. The molecule has 0 amide bonds. The lowest BCUT2D eigenvalue weighted by molar-refractivity contribution is 0.0959. The van der Waals surface area contributed by atoms with E-state index in [1.54, 1.807) is 17.8 Å². The van der Waals surface area contributed by atoms with E-state index >= 15 is 0 Å². The Kier molecular flexibility index (Phi) is 7.75. The lowest BCUT2D eigenvalue weighted by Crippen LogP contribution is -2.19. The van der Waals surface area contributed by atoms with Gasteiger partial charge in [0, 0.05) is 55.7 Å². The highest BCUT2D eigenvalue weighted by molar-refractivity contribution is 7.99. The molecule has 0 radical (unpaired) electrons. The summed E-state index contributed by atoms with van der Waals surface area (Å²) in [5, 5.41) is 4.98. The average molecular weight is 535 g/mol. The summed E-state index contributed by atoms with van der Waals surface area (Å²) in [4.78, 5) is 39.5. The number of carbonyl (C=O) groups excluding carboxylic acids is 2. The quantitative estimate of drug-likeness (QED) is 0.103. The van der Waals surface area contributed by atoms with E-state index in [2.05, 4.69) is 16.7 Å². The van der Waals surface area contributed by atoms with Gasteiger partial charge in [0.25, 0.3) is 0 Å². The van der Waals surface area contributed by atoms with E-state index in [1.807, 2.05) is 92.7 Å². The van der Waals surface area contributed by atoms with E-state index in [9.17, 15) is 14.5 Å². The first-order chi connectivity index (χ1) is 18.9. The summed E-state index contributed by atoms with van der Waals surface area (Å²) in [6.07, 6.45) is 0.366. The summed E-state index contributed by atoms with van der Waals surface area (Å²) < 4.78 is 2.18. The summed E-state index contributed by atoms with van der Waals surface area (Å²) in [7, 11) is 0. The molecular formula is C33H30N2O3S. The molecule has 1 aromatic heterocycles. The minimum Gasteiger partial charge on any atom is -0.341 e. The molecule has 0 saturated heterocycles. The molecule has 39 heavy (non-hydrogen) atoms. The standard InChI is InChI=1S/C33H30N2O3S/c1-4-35-30-15-11-23(32(36)26-8-6-5-7-22(26)3)19-27(30)28-20-24(12-16-31(28)35)33(37)29(34-38)17-18-39-25-13-9-21(2)10-14-25/h5-16,19-20,29H,4,17-18H2,1-3H3. The zero-order valence-corrected chi connectivity index (χ0v) is 23.1. The maximum absolute atomic E-state index is 13.4. The molecule has 0 saturated carbocycles. The molecule has 1 unspecified atom stereocenters. The van der Waals surface area contributed by atoms with Crippen LogP contribution >= 0.6 is 11.8 Å². The largest absolute Gasteiger partial charge is 0.341 e. The highest BCUT2D eigenvalue weighted by atomic mass is 32.2. The van der Waals surface area contributed by atoms with Gasteiger partial charge in [-0.05, 0) is 81.3 Å². The fourth-order valence-corrected chi connectivity index (χ4v) is 5.97. The summed E-state index contributed by atoms with van der Waals surface area (Å²) in [5.41, 5.74) is 5.83. The Hall–Kier alpha value is -4.03. The fraction of sp³-hybridized carbons (Fsp3) is 0.212. The van der Waals surface area contributed by atoms with E-state index in [0.29, 0.717) is 28.9 Å². The van der Waals surface area contributed by atoms with Crippen LogP contribution in [0.2, 0.25) is 0 Å². The van der Waals surface area contributed by atoms with Gasteiger partial charge < -0.3 is 4.57 Å². The molecule has 5 nitrogen and oxygen atoms in total. The van der Waals surface area contributed by atoms with Gasteiger partial charge >= 0.3 is 0 Å². The number of hydrogen-bond donors (Lipinski definition) is 0. The van der Waals surface area contributed by atoms with Crippen LogP contribution in [0.15, 0.2) is 95.0 Å². The van der Waals surface area contributed by atoms with E-state index in [-0.39, 0.29) is 11.6 Å². The van der Waals surface area contributed by atoms with Crippen molar-refractivity contribution in [3.05, 3.63) is 118 Å². The van der Waals surface area contributed by atoms with Crippen molar-refractivity contribution in [1.82, 2.24) is 4.57 Å².